The van der Waals surface area contributed by atoms with Gasteiger partial charge in [0.25, 0.3) is 0 Å². The highest BCUT2D eigenvalue weighted by Crippen LogP contribution is 2.12. The number of rotatable bonds is 3. The summed E-state index contributed by atoms with van der Waals surface area (Å²) >= 11 is 0. The second-order valence-electron chi connectivity index (χ2n) is 2.24. The van der Waals surface area contributed by atoms with Crippen LogP contribution in [0.5, 0.6) is 0 Å². The molecule has 8 heavy (non-hydrogen) atoms. The molecule has 1 heteroatoms. The Hall–Kier alpha value is -0.300. The fraction of sp³-hybridized carbons (Fsp3) is 0.571. The topological polar surface area (TPSA) is 20.2 Å². The van der Waals surface area contributed by atoms with E-state index in [1.807, 2.05) is 0 Å². The van der Waals surface area contributed by atoms with Crippen molar-refractivity contribution in [2.24, 2.45) is 0 Å². The van der Waals surface area contributed by atoms with E-state index in [-0.39, 0.29) is 0 Å². The molecule has 0 aromatic carbocycles. The number of aliphatic hydroxyl groups is 1. The van der Waals surface area contributed by atoms with Gasteiger partial charge in [-0.05, 0) is 19.8 Å². The van der Waals surface area contributed by atoms with E-state index in [1.165, 1.54) is 0 Å². The fourth-order valence-electron chi connectivity index (χ4n) is 0.413. The summed E-state index contributed by atoms with van der Waals surface area (Å²) in [4.78, 5) is 0. The van der Waals surface area contributed by atoms with Crippen LogP contribution < -0.4 is 0 Å². The quantitative estimate of drug-likeness (QED) is 0.550. The smallest absolute Gasteiger partial charge is 0.0653 e. The van der Waals surface area contributed by atoms with Crippen molar-refractivity contribution in [1.29, 1.82) is 0 Å². The summed E-state index contributed by atoms with van der Waals surface area (Å²) in [5, 5.41) is 9.19. The molecule has 0 bridgehead atoms. The lowest BCUT2D eigenvalue weighted by Crippen LogP contribution is -2.20. The molecule has 0 aliphatic carbocycles. The summed E-state index contributed by atoms with van der Waals surface area (Å²) in [5.74, 6) is 0. The first kappa shape index (κ1) is 7.70. The van der Waals surface area contributed by atoms with Gasteiger partial charge in [0.2, 0.25) is 0 Å². The standard InChI is InChI=1S/C7H13O/c1-4-6-7(3,8)5-2/h4,8H,1-2,5-6H2,3H3. The van der Waals surface area contributed by atoms with E-state index in [0.717, 1.165) is 0 Å². The lowest BCUT2D eigenvalue weighted by atomic mass is 10.00. The molecule has 1 nitrogen and oxygen atoms in total. The van der Waals surface area contributed by atoms with Gasteiger partial charge in [0.15, 0.2) is 0 Å². The van der Waals surface area contributed by atoms with Crippen LogP contribution in [0.25, 0.3) is 0 Å². The first-order valence-corrected chi connectivity index (χ1v) is 2.75. The highest BCUT2D eigenvalue weighted by molar-refractivity contribution is 4.82. The first-order chi connectivity index (χ1) is 3.62. The molecule has 0 aromatic heterocycles. The zero-order valence-electron chi connectivity index (χ0n) is 5.35. The maximum Gasteiger partial charge on any atom is 0.0653 e. The summed E-state index contributed by atoms with van der Waals surface area (Å²) in [6, 6.07) is 0. The molecule has 0 aromatic rings. The van der Waals surface area contributed by atoms with Crippen LogP contribution in [0.1, 0.15) is 19.8 Å². The molecule has 0 heterocycles. The third kappa shape index (κ3) is 2.80. The Bertz CT molecular complexity index is 74.5. The van der Waals surface area contributed by atoms with Gasteiger partial charge in [0.1, 0.15) is 0 Å². The Morgan fingerprint density at radius 1 is 1.75 bits per heavy atom. The summed E-state index contributed by atoms with van der Waals surface area (Å²) in [7, 11) is 0. The van der Waals surface area contributed by atoms with Crippen LogP contribution in [0.15, 0.2) is 12.7 Å². The third-order valence-corrected chi connectivity index (χ3v) is 1.12. The van der Waals surface area contributed by atoms with Crippen LogP contribution in [0.4, 0.5) is 0 Å². The lowest BCUT2D eigenvalue weighted by molar-refractivity contribution is 0.0658. The van der Waals surface area contributed by atoms with Gasteiger partial charge in [-0.1, -0.05) is 13.0 Å². The minimum Gasteiger partial charge on any atom is -0.390 e. The fourth-order valence-corrected chi connectivity index (χ4v) is 0.413. The van der Waals surface area contributed by atoms with E-state index in [1.54, 1.807) is 13.0 Å². The normalized spacial score (nSPS) is 17.4. The van der Waals surface area contributed by atoms with E-state index >= 15 is 0 Å². The van der Waals surface area contributed by atoms with Crippen LogP contribution in [0.2, 0.25) is 0 Å². The molecule has 0 fully saturated rings. The third-order valence-electron chi connectivity index (χ3n) is 1.12. The molecule has 1 atom stereocenters. The van der Waals surface area contributed by atoms with E-state index in [0.29, 0.717) is 12.8 Å². The molecule has 0 saturated carbocycles. The zero-order valence-corrected chi connectivity index (χ0v) is 5.35. The van der Waals surface area contributed by atoms with Crippen molar-refractivity contribution >= 4 is 0 Å². The molecule has 0 rings (SSSR count). The lowest BCUT2D eigenvalue weighted by Gasteiger charge is -2.17. The van der Waals surface area contributed by atoms with Crippen molar-refractivity contribution in [3.8, 4) is 0 Å². The Morgan fingerprint density at radius 2 is 2.25 bits per heavy atom. The SMILES string of the molecule is [CH2]CC(C)(O)CC=C. The van der Waals surface area contributed by atoms with E-state index < -0.39 is 5.60 Å². The van der Waals surface area contributed by atoms with Crippen molar-refractivity contribution in [1.82, 2.24) is 0 Å². The Kier molecular flexibility index (Phi) is 2.77. The summed E-state index contributed by atoms with van der Waals surface area (Å²) in [6.07, 6.45) is 2.86. The van der Waals surface area contributed by atoms with Gasteiger partial charge in [-0.15, -0.1) is 6.58 Å². The van der Waals surface area contributed by atoms with E-state index in [2.05, 4.69) is 13.5 Å². The summed E-state index contributed by atoms with van der Waals surface area (Å²) < 4.78 is 0. The summed E-state index contributed by atoms with van der Waals surface area (Å²) in [6.45, 7) is 8.84. The second kappa shape index (κ2) is 2.88. The first-order valence-electron chi connectivity index (χ1n) is 2.75. The Labute approximate surface area is 51.0 Å². The second-order valence-corrected chi connectivity index (χ2v) is 2.24. The van der Waals surface area contributed by atoms with E-state index in [4.69, 9.17) is 0 Å². The van der Waals surface area contributed by atoms with Crippen molar-refractivity contribution in [3.63, 3.8) is 0 Å². The molecule has 0 aliphatic rings. The molecule has 0 spiro atoms. The molecule has 1 radical (unpaired) electrons. The van der Waals surface area contributed by atoms with E-state index in [9.17, 15) is 5.11 Å². The Morgan fingerprint density at radius 3 is 2.38 bits per heavy atom. The molecule has 1 N–H and O–H groups in total. The van der Waals surface area contributed by atoms with Crippen molar-refractivity contribution in [2.45, 2.75) is 25.4 Å². The van der Waals surface area contributed by atoms with Crippen LogP contribution in [-0.2, 0) is 0 Å². The molecular formula is C7H13O. The molecule has 0 amide bonds. The Balaban J connectivity index is 3.53. The minimum absolute atomic E-state index is 0.541. The predicted molar refractivity (Wildman–Crippen MR) is 35.4 cm³/mol. The average Bonchev–Trinajstić information content (AvgIpc) is 1.67. The van der Waals surface area contributed by atoms with Crippen LogP contribution >= 0.6 is 0 Å². The highest BCUT2D eigenvalue weighted by atomic mass is 16.3. The number of hydrogen-bond acceptors (Lipinski definition) is 1. The van der Waals surface area contributed by atoms with Crippen LogP contribution in [0.3, 0.4) is 0 Å². The van der Waals surface area contributed by atoms with Gasteiger partial charge in [-0.25, -0.2) is 0 Å². The van der Waals surface area contributed by atoms with Gasteiger partial charge in [-0.3, -0.25) is 0 Å². The van der Waals surface area contributed by atoms with Gasteiger partial charge in [0, 0.05) is 0 Å². The van der Waals surface area contributed by atoms with Gasteiger partial charge in [0.05, 0.1) is 5.60 Å². The maximum absolute atomic E-state index is 9.19. The van der Waals surface area contributed by atoms with Crippen molar-refractivity contribution in [3.05, 3.63) is 19.6 Å². The monoisotopic (exact) mass is 113 g/mol. The highest BCUT2D eigenvalue weighted by Gasteiger charge is 2.13. The van der Waals surface area contributed by atoms with Gasteiger partial charge < -0.3 is 5.11 Å². The van der Waals surface area contributed by atoms with Crippen LogP contribution in [-0.4, -0.2) is 10.7 Å². The predicted octanol–water partition coefficient (Wildman–Crippen LogP) is 1.54. The molecule has 47 valence electrons. The van der Waals surface area contributed by atoms with Crippen molar-refractivity contribution in [2.75, 3.05) is 0 Å². The van der Waals surface area contributed by atoms with Gasteiger partial charge >= 0.3 is 0 Å². The zero-order chi connectivity index (χ0) is 6.62. The minimum atomic E-state index is -0.637. The maximum atomic E-state index is 9.19. The molecule has 0 aliphatic heterocycles. The molecule has 1 unspecified atom stereocenters. The van der Waals surface area contributed by atoms with Gasteiger partial charge in [-0.2, -0.15) is 0 Å². The number of hydrogen-bond donors (Lipinski definition) is 1. The van der Waals surface area contributed by atoms with Crippen molar-refractivity contribution < 1.29 is 5.11 Å². The molecular weight excluding hydrogens is 100 g/mol. The largest absolute Gasteiger partial charge is 0.390 e. The average molecular weight is 113 g/mol. The van der Waals surface area contributed by atoms with Crippen LogP contribution in [0, 0.1) is 6.92 Å². The molecule has 0 saturated heterocycles. The summed E-state index contributed by atoms with van der Waals surface area (Å²) in [5.41, 5.74) is -0.637.